The average molecular weight is 779 g/mol. The molecular formula is C49H70N4O4. The van der Waals surface area contributed by atoms with Crippen LogP contribution in [-0.4, -0.2) is 85.7 Å². The number of hydrogen-bond donors (Lipinski definition) is 2. The zero-order valence-corrected chi connectivity index (χ0v) is 35.2. The molecule has 2 heterocycles. The number of para-hydroxylation sites is 1. The summed E-state index contributed by atoms with van der Waals surface area (Å²) in [5.74, 6) is 1.44. The lowest BCUT2D eigenvalue weighted by Gasteiger charge is -2.58. The van der Waals surface area contributed by atoms with E-state index in [0.717, 1.165) is 88.0 Å². The van der Waals surface area contributed by atoms with E-state index in [2.05, 4.69) is 77.5 Å². The van der Waals surface area contributed by atoms with Gasteiger partial charge in [-0.05, 0) is 130 Å². The summed E-state index contributed by atoms with van der Waals surface area (Å²) in [6.07, 6.45) is 17.8. The number of rotatable bonds is 10. The van der Waals surface area contributed by atoms with E-state index in [1.165, 1.54) is 57.1 Å². The number of ether oxygens (including phenoxy) is 1. The Balaban J connectivity index is 0.000000153. The molecule has 2 saturated carbocycles. The Hall–Kier alpha value is -3.72. The first-order valence-electron chi connectivity index (χ1n) is 22.1. The molecule has 5 aliphatic rings. The van der Waals surface area contributed by atoms with E-state index in [1.807, 2.05) is 30.0 Å². The molecule has 3 aliphatic carbocycles. The number of methoxy groups -OCH3 is 1. The second-order valence-corrected chi connectivity index (χ2v) is 17.6. The number of carboxylic acid groups (broad SMARTS) is 1. The van der Waals surface area contributed by atoms with Crippen LogP contribution in [0.2, 0.25) is 0 Å². The number of hydrogen-bond acceptors (Lipinski definition) is 6. The van der Waals surface area contributed by atoms with Crippen LogP contribution < -0.4 is 15.4 Å². The largest absolute Gasteiger partial charge is 0.497 e. The first-order chi connectivity index (χ1) is 27.7. The maximum Gasteiger partial charge on any atom is 0.303 e. The quantitative estimate of drug-likeness (QED) is 0.212. The minimum atomic E-state index is -0.706. The smallest absolute Gasteiger partial charge is 0.303 e. The molecule has 2 aliphatic heterocycles. The van der Waals surface area contributed by atoms with Crippen molar-refractivity contribution in [2.45, 2.75) is 127 Å². The molecule has 8 nitrogen and oxygen atoms in total. The first-order valence-corrected chi connectivity index (χ1v) is 22.1. The van der Waals surface area contributed by atoms with Crippen LogP contribution in [0.15, 0.2) is 78.9 Å². The van der Waals surface area contributed by atoms with E-state index in [0.29, 0.717) is 24.4 Å². The highest BCUT2D eigenvalue weighted by Crippen LogP contribution is 2.56. The number of amides is 1. The van der Waals surface area contributed by atoms with Crippen LogP contribution in [0.3, 0.4) is 0 Å². The van der Waals surface area contributed by atoms with Gasteiger partial charge in [0.05, 0.1) is 13.5 Å². The van der Waals surface area contributed by atoms with Gasteiger partial charge in [-0.1, -0.05) is 93.6 Å². The summed E-state index contributed by atoms with van der Waals surface area (Å²) in [4.78, 5) is 30.3. The molecule has 3 N–H and O–H groups in total. The number of benzene rings is 3. The van der Waals surface area contributed by atoms with Crippen molar-refractivity contribution in [1.82, 2.24) is 9.80 Å². The van der Waals surface area contributed by atoms with Crippen LogP contribution in [0.25, 0.3) is 0 Å². The van der Waals surface area contributed by atoms with Gasteiger partial charge in [-0.15, -0.1) is 0 Å². The first kappa shape index (κ1) is 42.9. The summed E-state index contributed by atoms with van der Waals surface area (Å²) < 4.78 is 5.51. The Morgan fingerprint density at radius 1 is 0.860 bits per heavy atom. The topological polar surface area (TPSA) is 99.3 Å². The van der Waals surface area contributed by atoms with Crippen molar-refractivity contribution in [3.63, 3.8) is 0 Å². The molecule has 1 amide bonds. The molecule has 310 valence electrons. The van der Waals surface area contributed by atoms with E-state index >= 15 is 0 Å². The van der Waals surface area contributed by atoms with Gasteiger partial charge in [0.1, 0.15) is 5.75 Å². The second-order valence-electron chi connectivity index (χ2n) is 17.6. The predicted molar refractivity (Wildman–Crippen MR) is 232 cm³/mol. The molecule has 8 heteroatoms. The zero-order chi connectivity index (χ0) is 40.3. The SMILES string of the molecule is CCC(=O)N(c1ccccc1)C1CCN(CCc2ccccc2)CC1.COc1ccc2c(c1)[C@]13CCCC[C@@H]1[C@H](C2)N(C)CC3.NCC1(CC(=O)O)CCCCC1. The minimum absolute atomic E-state index is 0.0793. The maximum atomic E-state index is 12.5. The van der Waals surface area contributed by atoms with Gasteiger partial charge in [-0.3, -0.25) is 9.59 Å². The molecule has 8 rings (SSSR count). The number of likely N-dealkylation sites (N-methyl/N-ethyl adjacent to an activating group) is 1. The fourth-order valence-corrected chi connectivity index (χ4v) is 11.0. The normalized spacial score (nSPS) is 24.3. The van der Waals surface area contributed by atoms with Gasteiger partial charge < -0.3 is 30.3 Å². The Bertz CT molecular complexity index is 1700. The lowest BCUT2D eigenvalue weighted by Crippen LogP contribution is -2.59. The zero-order valence-electron chi connectivity index (χ0n) is 35.2. The highest BCUT2D eigenvalue weighted by molar-refractivity contribution is 5.93. The van der Waals surface area contributed by atoms with Crippen molar-refractivity contribution in [2.75, 3.05) is 51.8 Å². The summed E-state index contributed by atoms with van der Waals surface area (Å²) >= 11 is 0. The average Bonchev–Trinajstić information content (AvgIpc) is 3.26. The number of carboxylic acids is 1. The monoisotopic (exact) mass is 779 g/mol. The number of anilines is 1. The van der Waals surface area contributed by atoms with Crippen LogP contribution in [0.4, 0.5) is 5.69 Å². The third kappa shape index (κ3) is 10.5. The molecule has 57 heavy (non-hydrogen) atoms. The fraction of sp³-hybridized carbons (Fsp3) is 0.592. The van der Waals surface area contributed by atoms with Gasteiger partial charge in [-0.25, -0.2) is 0 Å². The third-order valence-corrected chi connectivity index (χ3v) is 14.3. The Morgan fingerprint density at radius 3 is 2.19 bits per heavy atom. The summed E-state index contributed by atoms with van der Waals surface area (Å²) in [6, 6.07) is 28.7. The molecule has 4 fully saturated rings. The lowest BCUT2D eigenvalue weighted by molar-refractivity contribution is -0.140. The number of carbonyl (C=O) groups is 2. The predicted octanol–water partition coefficient (Wildman–Crippen LogP) is 8.89. The minimum Gasteiger partial charge on any atom is -0.497 e. The molecule has 0 spiro atoms. The fourth-order valence-electron chi connectivity index (χ4n) is 11.0. The van der Waals surface area contributed by atoms with Crippen molar-refractivity contribution in [3.8, 4) is 5.75 Å². The lowest BCUT2D eigenvalue weighted by atomic mass is 9.52. The third-order valence-electron chi connectivity index (χ3n) is 14.3. The molecule has 3 aromatic carbocycles. The molecule has 2 saturated heterocycles. The Labute approximate surface area is 343 Å². The Kier molecular flexibility index (Phi) is 15.3. The molecule has 0 radical (unpaired) electrons. The van der Waals surface area contributed by atoms with Crippen molar-refractivity contribution >= 4 is 17.6 Å². The van der Waals surface area contributed by atoms with Gasteiger partial charge in [0.25, 0.3) is 0 Å². The van der Waals surface area contributed by atoms with Crippen molar-refractivity contribution in [3.05, 3.63) is 95.6 Å². The van der Waals surface area contributed by atoms with E-state index < -0.39 is 5.97 Å². The maximum absolute atomic E-state index is 12.5. The number of fused-ring (bicyclic) bond motifs is 1. The van der Waals surface area contributed by atoms with Crippen molar-refractivity contribution in [2.24, 2.45) is 17.1 Å². The molecule has 0 aromatic heterocycles. The van der Waals surface area contributed by atoms with Crippen LogP contribution in [0.5, 0.6) is 5.75 Å². The van der Waals surface area contributed by atoms with Crippen LogP contribution in [0, 0.1) is 11.3 Å². The molecule has 3 atom stereocenters. The summed E-state index contributed by atoms with van der Waals surface area (Å²) in [5, 5.41) is 8.71. The van der Waals surface area contributed by atoms with Gasteiger partial charge >= 0.3 is 5.97 Å². The van der Waals surface area contributed by atoms with E-state index in [1.54, 1.807) is 18.2 Å². The van der Waals surface area contributed by atoms with Gasteiger partial charge in [0, 0.05) is 49.2 Å². The number of nitrogens with two attached hydrogens (primary N) is 1. The summed E-state index contributed by atoms with van der Waals surface area (Å²) in [6.45, 7) is 6.98. The second kappa shape index (κ2) is 20.3. The summed E-state index contributed by atoms with van der Waals surface area (Å²) in [5.41, 5.74) is 11.7. The van der Waals surface area contributed by atoms with Gasteiger partial charge in [-0.2, -0.15) is 0 Å². The summed E-state index contributed by atoms with van der Waals surface area (Å²) in [7, 11) is 4.12. The number of carbonyl (C=O) groups excluding carboxylic acids is 1. The highest BCUT2D eigenvalue weighted by Gasteiger charge is 2.53. The number of piperidine rings is 2. The Morgan fingerprint density at radius 2 is 1.54 bits per heavy atom. The number of likely N-dealkylation sites (tertiary alicyclic amines) is 2. The number of nitrogens with zero attached hydrogens (tertiary/aromatic N) is 3. The van der Waals surface area contributed by atoms with Gasteiger partial charge in [0.2, 0.25) is 5.91 Å². The van der Waals surface area contributed by atoms with E-state index in [4.69, 9.17) is 15.6 Å². The number of aliphatic carboxylic acids is 1. The van der Waals surface area contributed by atoms with E-state index in [-0.39, 0.29) is 17.7 Å². The standard InChI is InChI=1S/C22H28N2O.C18H25NO.C9H17NO2/c1-2-22(25)24(20-11-7-4-8-12-20)21-14-17-23(18-15-21)16-13-19-9-5-3-6-10-19;1-19-10-9-18-8-4-3-5-15(18)17(19)11-13-6-7-14(20-2)12-16(13)18;10-7-9(6-8(11)12)4-2-1-3-5-9/h3-12,21H,2,13-18H2,1H3;6-7,12,15,17H,3-5,8-11H2,1-2H3;1-7,10H2,(H,11,12)/t;15-,17+,18+;/m.1./s1. The molecule has 3 aromatic rings. The highest BCUT2D eigenvalue weighted by atomic mass is 16.5. The molecule has 0 unspecified atom stereocenters. The van der Waals surface area contributed by atoms with Crippen LogP contribution in [-0.2, 0) is 27.8 Å². The van der Waals surface area contributed by atoms with Gasteiger partial charge in [0.15, 0.2) is 0 Å². The van der Waals surface area contributed by atoms with E-state index in [9.17, 15) is 9.59 Å². The van der Waals surface area contributed by atoms with Crippen LogP contribution >= 0.6 is 0 Å². The van der Waals surface area contributed by atoms with Crippen molar-refractivity contribution < 1.29 is 19.4 Å². The van der Waals surface area contributed by atoms with Crippen LogP contribution in [0.1, 0.15) is 114 Å². The van der Waals surface area contributed by atoms with Crippen molar-refractivity contribution in [1.29, 1.82) is 0 Å². The molecule has 2 bridgehead atoms. The molecular weight excluding hydrogens is 709 g/mol.